The highest BCUT2D eigenvalue weighted by Crippen LogP contribution is 2.52. The Labute approximate surface area is 414 Å². The number of benzene rings is 13. The zero-order valence-corrected chi connectivity index (χ0v) is 39.0. The second kappa shape index (κ2) is 17.9. The Bertz CT molecular complexity index is 4010. The highest BCUT2D eigenvalue weighted by molar-refractivity contribution is 6.25. The fourth-order valence-electron chi connectivity index (χ4n) is 10.8. The molecule has 0 heterocycles. The van der Waals surface area contributed by atoms with Gasteiger partial charge in [0.15, 0.2) is 0 Å². The van der Waals surface area contributed by atoms with Gasteiger partial charge < -0.3 is 14.7 Å². The Morgan fingerprint density at radius 3 is 1.06 bits per heavy atom. The quantitative estimate of drug-likeness (QED) is 0.127. The van der Waals surface area contributed by atoms with Crippen molar-refractivity contribution in [3.05, 3.63) is 285 Å². The van der Waals surface area contributed by atoms with Gasteiger partial charge in [0.1, 0.15) is 0 Å². The van der Waals surface area contributed by atoms with Gasteiger partial charge in [-0.25, -0.2) is 0 Å². The van der Waals surface area contributed by atoms with Crippen LogP contribution < -0.4 is 14.7 Å². The molecule has 0 fully saturated rings. The van der Waals surface area contributed by atoms with Crippen molar-refractivity contribution in [1.82, 2.24) is 0 Å². The van der Waals surface area contributed by atoms with E-state index in [-0.39, 0.29) is 0 Å². The maximum absolute atomic E-state index is 2.46. The van der Waals surface area contributed by atoms with E-state index in [0.29, 0.717) is 0 Å². The molecule has 334 valence electrons. The number of para-hydroxylation sites is 4. The van der Waals surface area contributed by atoms with E-state index in [9.17, 15) is 0 Å². The first kappa shape index (κ1) is 41.7. The molecular weight excluding hydrogens is 859 g/mol. The van der Waals surface area contributed by atoms with Crippen LogP contribution in [0.4, 0.5) is 51.2 Å². The van der Waals surface area contributed by atoms with Crippen molar-refractivity contribution >= 4 is 105 Å². The van der Waals surface area contributed by atoms with Gasteiger partial charge in [0.05, 0.1) is 17.1 Å². The highest BCUT2D eigenvalue weighted by atomic mass is 15.2. The molecule has 71 heavy (non-hydrogen) atoms. The van der Waals surface area contributed by atoms with E-state index in [0.717, 1.165) is 72.7 Å². The van der Waals surface area contributed by atoms with E-state index in [1.807, 2.05) is 0 Å². The first-order chi connectivity index (χ1) is 35.3. The van der Waals surface area contributed by atoms with Gasteiger partial charge in [-0.05, 0) is 128 Å². The molecule has 3 nitrogen and oxygen atoms in total. The molecule has 13 aromatic rings. The lowest BCUT2D eigenvalue weighted by atomic mass is 9.87. The van der Waals surface area contributed by atoms with Gasteiger partial charge in [-0.2, -0.15) is 0 Å². The largest absolute Gasteiger partial charge is 0.310 e. The SMILES string of the molecule is c1ccc(N(c2ccc3c(N(c4ccccc4)c4ccccc4)c4cc(N(c5ccccc5)c5cccc6ccccc56)ccc4c(-c4cccc5ccccc45)c3c2)c2cccc3ccccc23)cc1. The number of anilines is 9. The summed E-state index contributed by atoms with van der Waals surface area (Å²) in [5.74, 6) is 0. The fraction of sp³-hybridized carbons (Fsp3) is 0. The average Bonchev–Trinajstić information content (AvgIpc) is 3.44. The van der Waals surface area contributed by atoms with Gasteiger partial charge in [-0.1, -0.05) is 200 Å². The molecule has 0 atom stereocenters. The molecule has 0 aliphatic heterocycles. The van der Waals surface area contributed by atoms with Gasteiger partial charge in [-0.15, -0.1) is 0 Å². The summed E-state index contributed by atoms with van der Waals surface area (Å²) >= 11 is 0. The summed E-state index contributed by atoms with van der Waals surface area (Å²) in [5, 5.41) is 11.8. The molecule has 13 aromatic carbocycles. The Morgan fingerprint density at radius 2 is 0.563 bits per heavy atom. The van der Waals surface area contributed by atoms with Gasteiger partial charge in [0.2, 0.25) is 0 Å². The minimum absolute atomic E-state index is 1.06. The van der Waals surface area contributed by atoms with Crippen LogP contribution in [0.5, 0.6) is 0 Å². The number of hydrogen-bond donors (Lipinski definition) is 0. The van der Waals surface area contributed by atoms with Crippen molar-refractivity contribution in [2.24, 2.45) is 0 Å². The molecule has 0 unspecified atom stereocenters. The predicted molar refractivity (Wildman–Crippen MR) is 303 cm³/mol. The monoisotopic (exact) mass is 905 g/mol. The molecule has 0 amide bonds. The lowest BCUT2D eigenvalue weighted by Crippen LogP contribution is -2.13. The molecular formula is C68H47N3. The number of rotatable bonds is 10. The van der Waals surface area contributed by atoms with Crippen LogP contribution in [0.15, 0.2) is 285 Å². The normalized spacial score (nSPS) is 11.4. The summed E-state index contributed by atoms with van der Waals surface area (Å²) in [5.41, 5.74) is 12.2. The molecule has 3 heteroatoms. The van der Waals surface area contributed by atoms with Gasteiger partial charge in [-0.3, -0.25) is 0 Å². The summed E-state index contributed by atoms with van der Waals surface area (Å²) in [6.07, 6.45) is 0. The maximum Gasteiger partial charge on any atom is 0.0619 e. The number of fused-ring (bicyclic) bond motifs is 5. The zero-order chi connectivity index (χ0) is 47.1. The molecule has 0 aromatic heterocycles. The molecule has 0 saturated heterocycles. The molecule has 0 bridgehead atoms. The predicted octanol–water partition coefficient (Wildman–Crippen LogP) is 19.5. The summed E-state index contributed by atoms with van der Waals surface area (Å²) in [7, 11) is 0. The third-order valence-electron chi connectivity index (χ3n) is 13.9. The Morgan fingerprint density at radius 1 is 0.197 bits per heavy atom. The molecule has 0 spiro atoms. The molecule has 13 rings (SSSR count). The van der Waals surface area contributed by atoms with Gasteiger partial charge in [0.25, 0.3) is 0 Å². The minimum atomic E-state index is 1.06. The second-order valence-electron chi connectivity index (χ2n) is 18.1. The Hall–Kier alpha value is -9.44. The van der Waals surface area contributed by atoms with Gasteiger partial charge >= 0.3 is 0 Å². The van der Waals surface area contributed by atoms with Crippen LogP contribution in [-0.4, -0.2) is 0 Å². The minimum Gasteiger partial charge on any atom is -0.310 e. The molecule has 0 N–H and O–H groups in total. The smallest absolute Gasteiger partial charge is 0.0619 e. The van der Waals surface area contributed by atoms with Gasteiger partial charge in [0, 0.05) is 55.7 Å². The van der Waals surface area contributed by atoms with Crippen molar-refractivity contribution in [3.63, 3.8) is 0 Å². The maximum atomic E-state index is 2.46. The summed E-state index contributed by atoms with van der Waals surface area (Å²) in [6.45, 7) is 0. The van der Waals surface area contributed by atoms with Crippen LogP contribution >= 0.6 is 0 Å². The number of nitrogens with zero attached hydrogens (tertiary/aromatic N) is 3. The summed E-state index contributed by atoms with van der Waals surface area (Å²) in [4.78, 5) is 7.31. The van der Waals surface area contributed by atoms with E-state index < -0.39 is 0 Å². The van der Waals surface area contributed by atoms with E-state index in [4.69, 9.17) is 0 Å². The van der Waals surface area contributed by atoms with E-state index >= 15 is 0 Å². The van der Waals surface area contributed by atoms with Crippen LogP contribution in [0, 0.1) is 0 Å². The van der Waals surface area contributed by atoms with Crippen LogP contribution in [0.1, 0.15) is 0 Å². The highest BCUT2D eigenvalue weighted by Gasteiger charge is 2.26. The van der Waals surface area contributed by atoms with Crippen LogP contribution in [0.3, 0.4) is 0 Å². The third-order valence-corrected chi connectivity index (χ3v) is 13.9. The lowest BCUT2D eigenvalue weighted by Gasteiger charge is -2.32. The van der Waals surface area contributed by atoms with Crippen molar-refractivity contribution in [2.75, 3.05) is 14.7 Å². The van der Waals surface area contributed by atoms with E-state index in [1.54, 1.807) is 0 Å². The Balaban J connectivity index is 1.19. The van der Waals surface area contributed by atoms with Crippen LogP contribution in [-0.2, 0) is 0 Å². The summed E-state index contributed by atoms with van der Waals surface area (Å²) in [6, 6.07) is 104. The first-order valence-electron chi connectivity index (χ1n) is 24.3. The van der Waals surface area contributed by atoms with Crippen molar-refractivity contribution in [1.29, 1.82) is 0 Å². The number of hydrogen-bond acceptors (Lipinski definition) is 3. The van der Waals surface area contributed by atoms with E-state index in [1.165, 1.54) is 43.4 Å². The van der Waals surface area contributed by atoms with E-state index in [2.05, 4.69) is 300 Å². The average molecular weight is 906 g/mol. The van der Waals surface area contributed by atoms with Crippen LogP contribution in [0.2, 0.25) is 0 Å². The molecule has 0 aliphatic carbocycles. The first-order valence-corrected chi connectivity index (χ1v) is 24.3. The molecule has 0 saturated carbocycles. The topological polar surface area (TPSA) is 9.72 Å². The van der Waals surface area contributed by atoms with Crippen molar-refractivity contribution < 1.29 is 0 Å². The molecule has 0 radical (unpaired) electrons. The Kier molecular flexibility index (Phi) is 10.5. The third kappa shape index (κ3) is 7.40. The van der Waals surface area contributed by atoms with Crippen molar-refractivity contribution in [3.8, 4) is 11.1 Å². The second-order valence-corrected chi connectivity index (χ2v) is 18.1. The van der Waals surface area contributed by atoms with Crippen LogP contribution in [0.25, 0.3) is 65.0 Å². The standard InChI is InChI=1S/C68H47N3/c1-5-28-51(29-6-1)69(65-40-20-26-49-23-14-17-37-58(49)65)55-43-45-62-63(46-55)67(60-39-19-25-48-22-13-16-36-57(48)60)61-44-42-56(47-64(61)68(62)71(53-32-9-3-10-33-53)54-34-11-4-12-35-54)70(52-30-7-2-8-31-52)66-41-21-27-50-24-15-18-38-59(50)66/h1-47H. The fourth-order valence-corrected chi connectivity index (χ4v) is 10.8. The summed E-state index contributed by atoms with van der Waals surface area (Å²) < 4.78 is 0. The molecule has 0 aliphatic rings. The zero-order valence-electron chi connectivity index (χ0n) is 39.0. The lowest BCUT2D eigenvalue weighted by molar-refractivity contribution is 1.29. The van der Waals surface area contributed by atoms with Crippen molar-refractivity contribution in [2.45, 2.75) is 0 Å².